The Morgan fingerprint density at radius 3 is 2.36 bits per heavy atom. The lowest BCUT2D eigenvalue weighted by atomic mass is 10.1. The molecule has 3 N–H and O–H groups in total. The molecule has 0 radical (unpaired) electrons. The molecule has 1 aliphatic carbocycles. The highest BCUT2D eigenvalue weighted by atomic mass is 127. The van der Waals surface area contributed by atoms with Crippen LogP contribution in [0.15, 0.2) is 29.3 Å². The lowest BCUT2D eigenvalue weighted by Crippen LogP contribution is -2.39. The Hall–Kier alpha value is -1.55. The van der Waals surface area contributed by atoms with Crippen molar-refractivity contribution in [1.29, 1.82) is 0 Å². The fourth-order valence-corrected chi connectivity index (χ4v) is 3.62. The minimum absolute atomic E-state index is 0. The van der Waals surface area contributed by atoms with Gasteiger partial charge in [-0.1, -0.05) is 12.1 Å². The second kappa shape index (κ2) is 16.1. The minimum atomic E-state index is -0.0443. The third-order valence-corrected chi connectivity index (χ3v) is 5.46. The summed E-state index contributed by atoms with van der Waals surface area (Å²) in [6, 6.07) is 9.43. The van der Waals surface area contributed by atoms with Crippen LogP contribution in [-0.2, 0) is 11.2 Å². The highest BCUT2D eigenvalue weighted by molar-refractivity contribution is 14.0. The number of hydrogen-bond acceptors (Lipinski definition) is 4. The molecular weight excluding hydrogens is 529 g/mol. The van der Waals surface area contributed by atoms with E-state index >= 15 is 0 Å². The third kappa shape index (κ3) is 12.5. The number of rotatable bonds is 14. The highest BCUT2D eigenvalue weighted by Crippen LogP contribution is 2.18. The fraction of sp³-hybridized carbons (Fsp3) is 0.680. The normalized spacial score (nSPS) is 13.8. The molecule has 8 heteroatoms. The van der Waals surface area contributed by atoms with Gasteiger partial charge in [-0.25, -0.2) is 0 Å². The van der Waals surface area contributed by atoms with Crippen LogP contribution in [0.1, 0.15) is 59.4 Å². The number of guanidine groups is 1. The van der Waals surface area contributed by atoms with Crippen molar-refractivity contribution in [3.05, 3.63) is 29.8 Å². The maximum atomic E-state index is 11.7. The number of nitrogens with one attached hydrogen (secondary N) is 3. The molecule has 33 heavy (non-hydrogen) atoms. The number of carbonyl (C=O) groups is 1. The van der Waals surface area contributed by atoms with Gasteiger partial charge in [0.05, 0.1) is 0 Å². The summed E-state index contributed by atoms with van der Waals surface area (Å²) >= 11 is 0. The summed E-state index contributed by atoms with van der Waals surface area (Å²) in [5, 5.41) is 9.67. The fourth-order valence-electron chi connectivity index (χ4n) is 3.62. The van der Waals surface area contributed by atoms with Gasteiger partial charge < -0.3 is 20.7 Å². The molecule has 7 nitrogen and oxygen atoms in total. The van der Waals surface area contributed by atoms with Crippen LogP contribution in [0, 0.1) is 0 Å². The van der Waals surface area contributed by atoms with Gasteiger partial charge >= 0.3 is 0 Å². The van der Waals surface area contributed by atoms with Crippen LogP contribution in [-0.4, -0.2) is 67.7 Å². The molecule has 1 aromatic rings. The number of carbonyl (C=O) groups excluding carboxylic acids is 1. The molecule has 1 saturated carbocycles. The van der Waals surface area contributed by atoms with Crippen LogP contribution in [0.25, 0.3) is 0 Å². The molecule has 1 aromatic carbocycles. The lowest BCUT2D eigenvalue weighted by molar-refractivity contribution is -0.123. The molecule has 0 unspecified atom stereocenters. The predicted molar refractivity (Wildman–Crippen MR) is 148 cm³/mol. The predicted octanol–water partition coefficient (Wildman–Crippen LogP) is 3.57. The first-order valence-corrected chi connectivity index (χ1v) is 12.2. The van der Waals surface area contributed by atoms with Gasteiger partial charge in [-0.2, -0.15) is 0 Å². The summed E-state index contributed by atoms with van der Waals surface area (Å²) in [5.41, 5.74) is 1.22. The van der Waals surface area contributed by atoms with Crippen molar-refractivity contribution in [2.45, 2.75) is 78.4 Å². The second-order valence-electron chi connectivity index (χ2n) is 8.99. The van der Waals surface area contributed by atoms with Crippen LogP contribution in [0.4, 0.5) is 0 Å². The second-order valence-corrected chi connectivity index (χ2v) is 8.99. The van der Waals surface area contributed by atoms with Crippen LogP contribution in [0.3, 0.4) is 0 Å². The average molecular weight is 574 g/mol. The van der Waals surface area contributed by atoms with Gasteiger partial charge in [-0.3, -0.25) is 14.7 Å². The van der Waals surface area contributed by atoms with Gasteiger partial charge in [0.15, 0.2) is 12.6 Å². The Kier molecular flexibility index (Phi) is 14.4. The van der Waals surface area contributed by atoms with E-state index in [0.29, 0.717) is 18.1 Å². The summed E-state index contributed by atoms with van der Waals surface area (Å²) in [6.07, 6.45) is 4.11. The van der Waals surface area contributed by atoms with E-state index in [2.05, 4.69) is 55.5 Å². The average Bonchev–Trinajstić information content (AvgIpc) is 3.56. The molecule has 1 aliphatic rings. The molecule has 1 amide bonds. The summed E-state index contributed by atoms with van der Waals surface area (Å²) in [4.78, 5) is 18.9. The lowest BCUT2D eigenvalue weighted by Gasteiger charge is -2.30. The Morgan fingerprint density at radius 1 is 1.12 bits per heavy atom. The smallest absolute Gasteiger partial charge is 0.258 e. The van der Waals surface area contributed by atoms with Gasteiger partial charge in [-0.15, -0.1) is 24.0 Å². The van der Waals surface area contributed by atoms with E-state index < -0.39 is 0 Å². The maximum absolute atomic E-state index is 11.7. The van der Waals surface area contributed by atoms with E-state index in [9.17, 15) is 4.79 Å². The molecule has 0 aromatic heterocycles. The number of aliphatic imine (C=N–C) groups is 1. The van der Waals surface area contributed by atoms with E-state index in [1.807, 2.05) is 24.3 Å². The first-order chi connectivity index (χ1) is 15.4. The first kappa shape index (κ1) is 29.5. The molecule has 0 bridgehead atoms. The van der Waals surface area contributed by atoms with Crippen molar-refractivity contribution < 1.29 is 9.53 Å². The molecule has 188 valence electrons. The molecule has 1 fully saturated rings. The monoisotopic (exact) mass is 573 g/mol. The van der Waals surface area contributed by atoms with Gasteiger partial charge in [0.25, 0.3) is 5.91 Å². The molecule has 2 rings (SSSR count). The van der Waals surface area contributed by atoms with Crippen LogP contribution in [0.2, 0.25) is 0 Å². The third-order valence-electron chi connectivity index (χ3n) is 5.46. The van der Waals surface area contributed by atoms with Crippen LogP contribution in [0.5, 0.6) is 5.75 Å². The Bertz CT molecular complexity index is 697. The molecule has 0 atom stereocenters. The largest absolute Gasteiger partial charge is 0.484 e. The van der Waals surface area contributed by atoms with Crippen molar-refractivity contribution in [1.82, 2.24) is 20.9 Å². The Morgan fingerprint density at radius 2 is 1.79 bits per heavy atom. The summed E-state index contributed by atoms with van der Waals surface area (Å²) in [7, 11) is 0. The number of amides is 1. The van der Waals surface area contributed by atoms with Crippen molar-refractivity contribution in [3.63, 3.8) is 0 Å². The van der Waals surface area contributed by atoms with Gasteiger partial charge in [0, 0.05) is 44.3 Å². The standard InChI is InChI=1S/C25H43N5O2.HI/c1-6-26-25(27-15-7-17-30(19(2)3)20(4)5)28-16-14-21-8-12-23(13-9-21)32-18-24(31)29-22-10-11-22;/h8-9,12-13,19-20,22H,6-7,10-11,14-18H2,1-5H3,(H,29,31)(H2,26,27,28);1H. The summed E-state index contributed by atoms with van der Waals surface area (Å²) in [6.45, 7) is 14.7. The first-order valence-electron chi connectivity index (χ1n) is 12.2. The number of hydrogen-bond donors (Lipinski definition) is 3. The van der Waals surface area contributed by atoms with Crippen LogP contribution >= 0.6 is 24.0 Å². The number of halogens is 1. The molecule has 0 heterocycles. The van der Waals surface area contributed by atoms with E-state index in [4.69, 9.17) is 9.73 Å². The SMILES string of the molecule is CCNC(=NCCCN(C(C)C)C(C)C)NCCc1ccc(OCC(=O)NC2CC2)cc1.I. The highest BCUT2D eigenvalue weighted by Gasteiger charge is 2.23. The zero-order valence-corrected chi connectivity index (χ0v) is 23.4. The molecular formula is C25H44IN5O2. The van der Waals surface area contributed by atoms with Crippen LogP contribution < -0.4 is 20.7 Å². The number of benzene rings is 1. The Labute approximate surface area is 217 Å². The van der Waals surface area contributed by atoms with Crippen molar-refractivity contribution in [2.24, 2.45) is 4.99 Å². The molecule has 0 aliphatic heterocycles. The van der Waals surface area contributed by atoms with E-state index in [-0.39, 0.29) is 36.5 Å². The maximum Gasteiger partial charge on any atom is 0.258 e. The molecule has 0 saturated heterocycles. The van der Waals surface area contributed by atoms with E-state index in [1.54, 1.807) is 0 Å². The quantitative estimate of drug-likeness (QED) is 0.137. The topological polar surface area (TPSA) is 78.0 Å². The number of ether oxygens (including phenoxy) is 1. The van der Waals surface area contributed by atoms with E-state index in [1.165, 1.54) is 5.56 Å². The van der Waals surface area contributed by atoms with Crippen molar-refractivity contribution >= 4 is 35.8 Å². The van der Waals surface area contributed by atoms with Gasteiger partial charge in [-0.05, 0) is 78.0 Å². The summed E-state index contributed by atoms with van der Waals surface area (Å²) in [5.74, 6) is 1.55. The zero-order chi connectivity index (χ0) is 23.3. The summed E-state index contributed by atoms with van der Waals surface area (Å²) < 4.78 is 5.57. The number of nitrogens with zero attached hydrogens (tertiary/aromatic N) is 2. The van der Waals surface area contributed by atoms with Gasteiger partial charge in [0.2, 0.25) is 0 Å². The van der Waals surface area contributed by atoms with Crippen molar-refractivity contribution in [2.75, 3.05) is 32.8 Å². The van der Waals surface area contributed by atoms with Gasteiger partial charge in [0.1, 0.15) is 5.75 Å². The van der Waals surface area contributed by atoms with E-state index in [0.717, 1.165) is 63.6 Å². The molecule has 0 spiro atoms. The van der Waals surface area contributed by atoms with Crippen molar-refractivity contribution in [3.8, 4) is 5.75 Å². The Balaban J connectivity index is 0.00000544. The zero-order valence-electron chi connectivity index (χ0n) is 21.0. The minimum Gasteiger partial charge on any atom is -0.484 e.